The van der Waals surface area contributed by atoms with E-state index in [0.717, 1.165) is 12.8 Å². The molecule has 0 bridgehead atoms. The van der Waals surface area contributed by atoms with Gasteiger partial charge in [0.15, 0.2) is 0 Å². The molecule has 0 aromatic heterocycles. The number of benzene rings is 3. The molecular weight excluding hydrogens is 408 g/mol. The lowest BCUT2D eigenvalue weighted by Gasteiger charge is -2.43. The molecule has 0 radical (unpaired) electrons. The van der Waals surface area contributed by atoms with Gasteiger partial charge in [0, 0.05) is 11.3 Å². The molecule has 2 unspecified atom stereocenters. The lowest BCUT2D eigenvalue weighted by molar-refractivity contribution is 0.580. The van der Waals surface area contributed by atoms with E-state index in [9.17, 15) is 0 Å². The first-order chi connectivity index (χ1) is 16.7. The zero-order chi connectivity index (χ0) is 23.1. The van der Waals surface area contributed by atoms with Crippen molar-refractivity contribution >= 4 is 11.6 Å². The van der Waals surface area contributed by atoms with Crippen LogP contribution in [0.1, 0.15) is 54.0 Å². The minimum absolute atomic E-state index is 0.203. The van der Waals surface area contributed by atoms with Crippen LogP contribution >= 0.6 is 0 Å². The molecule has 0 N–H and O–H groups in total. The minimum atomic E-state index is -0.263. The first-order valence-electron chi connectivity index (χ1n) is 12.5. The highest BCUT2D eigenvalue weighted by molar-refractivity contribution is 5.94. The van der Waals surface area contributed by atoms with Crippen LogP contribution in [0.2, 0.25) is 0 Å². The summed E-state index contributed by atoms with van der Waals surface area (Å²) in [5.41, 5.74) is 12.1. The third-order valence-corrected chi connectivity index (χ3v) is 7.80. The second-order valence-electron chi connectivity index (χ2n) is 9.56. The Bertz CT molecular complexity index is 1390. The van der Waals surface area contributed by atoms with Gasteiger partial charge in [-0.3, -0.25) is 0 Å². The molecule has 0 nitrogen and oxygen atoms in total. The smallest absolute Gasteiger partial charge is 0.0500 e. The Kier molecular flexibility index (Phi) is 5.11. The van der Waals surface area contributed by atoms with E-state index in [-0.39, 0.29) is 11.3 Å². The Morgan fingerprint density at radius 2 is 1.50 bits per heavy atom. The van der Waals surface area contributed by atoms with Crippen molar-refractivity contribution in [3.05, 3.63) is 154 Å². The first kappa shape index (κ1) is 20.9. The Labute approximate surface area is 203 Å². The van der Waals surface area contributed by atoms with Gasteiger partial charge in [0.05, 0.1) is 0 Å². The second-order valence-corrected chi connectivity index (χ2v) is 9.56. The summed E-state index contributed by atoms with van der Waals surface area (Å²) in [7, 11) is 0. The topological polar surface area (TPSA) is 0 Å². The molecule has 6 rings (SSSR count). The van der Waals surface area contributed by atoms with E-state index in [0.29, 0.717) is 0 Å². The number of allylic oxidation sites excluding steroid dienone is 9. The van der Waals surface area contributed by atoms with Gasteiger partial charge in [-0.15, -0.1) is 0 Å². The Morgan fingerprint density at radius 3 is 2.26 bits per heavy atom. The number of rotatable bonds is 5. The van der Waals surface area contributed by atoms with Crippen LogP contribution in [0.4, 0.5) is 0 Å². The molecule has 166 valence electrons. The molecule has 0 heteroatoms. The van der Waals surface area contributed by atoms with Crippen molar-refractivity contribution in [2.75, 3.05) is 0 Å². The highest BCUT2D eigenvalue weighted by Crippen LogP contribution is 2.59. The zero-order valence-corrected chi connectivity index (χ0v) is 20.0. The van der Waals surface area contributed by atoms with Gasteiger partial charge in [0.1, 0.15) is 0 Å². The van der Waals surface area contributed by atoms with Gasteiger partial charge in [-0.25, -0.2) is 0 Å². The summed E-state index contributed by atoms with van der Waals surface area (Å²) in [5, 5.41) is 0. The Hall–Kier alpha value is -3.64. The quantitative estimate of drug-likeness (QED) is 0.374. The molecule has 3 aromatic rings. The summed E-state index contributed by atoms with van der Waals surface area (Å²) in [6, 6.07) is 29.3. The van der Waals surface area contributed by atoms with Crippen molar-refractivity contribution in [3.63, 3.8) is 0 Å². The Balaban J connectivity index is 1.62. The first-order valence-corrected chi connectivity index (χ1v) is 12.5. The van der Waals surface area contributed by atoms with E-state index < -0.39 is 0 Å². The highest BCUT2D eigenvalue weighted by atomic mass is 14.5. The largest absolute Gasteiger partial charge is 0.0686 e. The predicted octanol–water partition coefficient (Wildman–Crippen LogP) is 8.60. The molecule has 2 atom stereocenters. The SMILES string of the molecule is CCC1=CC2=CC=CC(c3ccccc3)(C3C(c4ccc(CC)cc4)=Cc4ccccc43)C2=C1. The minimum Gasteiger partial charge on any atom is -0.0686 e. The van der Waals surface area contributed by atoms with Gasteiger partial charge >= 0.3 is 0 Å². The maximum absolute atomic E-state index is 2.46. The van der Waals surface area contributed by atoms with Crippen molar-refractivity contribution in [2.24, 2.45) is 0 Å². The van der Waals surface area contributed by atoms with Crippen molar-refractivity contribution in [3.8, 4) is 0 Å². The van der Waals surface area contributed by atoms with Crippen LogP contribution in [-0.4, -0.2) is 0 Å². The van der Waals surface area contributed by atoms with Gasteiger partial charge < -0.3 is 0 Å². The maximum Gasteiger partial charge on any atom is 0.0500 e. The molecule has 0 spiro atoms. The van der Waals surface area contributed by atoms with Crippen LogP contribution in [0, 0.1) is 0 Å². The number of hydrogen-bond donors (Lipinski definition) is 0. The monoisotopic (exact) mass is 438 g/mol. The third kappa shape index (κ3) is 3.13. The third-order valence-electron chi connectivity index (χ3n) is 7.80. The van der Waals surface area contributed by atoms with Crippen LogP contribution in [0.15, 0.2) is 126 Å². The summed E-state index contributed by atoms with van der Waals surface area (Å²) in [5.74, 6) is 0.203. The molecule has 0 saturated heterocycles. The molecule has 0 fully saturated rings. The molecule has 3 aromatic carbocycles. The standard InChI is InChI=1S/C34H30/c1-3-24-16-18-26(19-17-24)31-23-27-11-8-9-15-30(27)33(31)34(29-13-6-5-7-14-29)20-10-12-28-21-25(4-2)22-32(28)34/h5-23,33H,3-4H2,1-2H3. The van der Waals surface area contributed by atoms with E-state index in [2.05, 4.69) is 129 Å². The van der Waals surface area contributed by atoms with Crippen LogP contribution in [-0.2, 0) is 11.8 Å². The van der Waals surface area contributed by atoms with Crippen molar-refractivity contribution in [2.45, 2.75) is 38.0 Å². The van der Waals surface area contributed by atoms with Crippen molar-refractivity contribution in [1.82, 2.24) is 0 Å². The molecule has 34 heavy (non-hydrogen) atoms. The predicted molar refractivity (Wildman–Crippen MR) is 145 cm³/mol. The normalized spacial score (nSPS) is 22.5. The number of aryl methyl sites for hydroxylation is 1. The molecule has 3 aliphatic carbocycles. The van der Waals surface area contributed by atoms with Gasteiger partial charge in [0.25, 0.3) is 0 Å². The van der Waals surface area contributed by atoms with Crippen molar-refractivity contribution in [1.29, 1.82) is 0 Å². The molecule has 0 saturated carbocycles. The van der Waals surface area contributed by atoms with Crippen molar-refractivity contribution < 1.29 is 0 Å². The molecule has 0 aliphatic heterocycles. The van der Waals surface area contributed by atoms with E-state index in [1.54, 1.807) is 0 Å². The highest BCUT2D eigenvalue weighted by Gasteiger charge is 2.49. The molecule has 3 aliphatic rings. The average molecular weight is 439 g/mol. The van der Waals surface area contributed by atoms with Crippen LogP contribution in [0.25, 0.3) is 11.6 Å². The summed E-state index contributed by atoms with van der Waals surface area (Å²) >= 11 is 0. The zero-order valence-electron chi connectivity index (χ0n) is 20.0. The Morgan fingerprint density at radius 1 is 0.735 bits per heavy atom. The van der Waals surface area contributed by atoms with Gasteiger partial charge in [-0.2, -0.15) is 0 Å². The number of hydrogen-bond acceptors (Lipinski definition) is 0. The van der Waals surface area contributed by atoms with Gasteiger partial charge in [-0.1, -0.05) is 129 Å². The van der Waals surface area contributed by atoms with Crippen LogP contribution < -0.4 is 0 Å². The maximum atomic E-state index is 2.46. The van der Waals surface area contributed by atoms with Crippen LogP contribution in [0.5, 0.6) is 0 Å². The van der Waals surface area contributed by atoms with E-state index in [4.69, 9.17) is 0 Å². The van der Waals surface area contributed by atoms with Gasteiger partial charge in [-0.05, 0) is 63.0 Å². The van der Waals surface area contributed by atoms with E-state index in [1.165, 1.54) is 50.1 Å². The van der Waals surface area contributed by atoms with Gasteiger partial charge in [0.2, 0.25) is 0 Å². The fourth-order valence-corrected chi connectivity index (χ4v) is 6.06. The van der Waals surface area contributed by atoms with E-state index >= 15 is 0 Å². The number of fused-ring (bicyclic) bond motifs is 2. The fraction of sp³-hybridized carbons (Fsp3) is 0.176. The summed E-state index contributed by atoms with van der Waals surface area (Å²) in [6.07, 6.45) is 16.4. The fourth-order valence-electron chi connectivity index (χ4n) is 6.06. The van der Waals surface area contributed by atoms with Crippen LogP contribution in [0.3, 0.4) is 0 Å². The average Bonchev–Trinajstić information content (AvgIpc) is 3.51. The lowest BCUT2D eigenvalue weighted by Crippen LogP contribution is -2.35. The second kappa shape index (κ2) is 8.29. The molecular formula is C34H30. The summed E-state index contributed by atoms with van der Waals surface area (Å²) in [6.45, 7) is 4.47. The summed E-state index contributed by atoms with van der Waals surface area (Å²) < 4.78 is 0. The summed E-state index contributed by atoms with van der Waals surface area (Å²) in [4.78, 5) is 0. The molecule has 0 amide bonds. The lowest BCUT2D eigenvalue weighted by atomic mass is 9.59. The molecule has 0 heterocycles. The van der Waals surface area contributed by atoms with E-state index in [1.807, 2.05) is 0 Å².